The molecule has 0 bridgehead atoms. The van der Waals surface area contributed by atoms with Crippen molar-refractivity contribution in [3.05, 3.63) is 35.9 Å². The van der Waals surface area contributed by atoms with Gasteiger partial charge in [-0.05, 0) is 36.2 Å². The van der Waals surface area contributed by atoms with Crippen LogP contribution in [-0.2, 0) is 4.74 Å². The quantitative estimate of drug-likeness (QED) is 0.364. The molecule has 1 saturated carbocycles. The lowest BCUT2D eigenvalue weighted by Crippen LogP contribution is -2.47. The number of guanidine groups is 1. The van der Waals surface area contributed by atoms with Gasteiger partial charge in [0.05, 0.1) is 0 Å². The molecule has 2 N–H and O–H groups in total. The molecule has 0 heterocycles. The van der Waals surface area contributed by atoms with Crippen molar-refractivity contribution in [3.63, 3.8) is 0 Å². The molecule has 1 aromatic carbocycles. The summed E-state index contributed by atoms with van der Waals surface area (Å²) in [5.41, 5.74) is 1.75. The van der Waals surface area contributed by atoms with Gasteiger partial charge >= 0.3 is 0 Å². The van der Waals surface area contributed by atoms with E-state index in [0.717, 1.165) is 32.1 Å². The van der Waals surface area contributed by atoms with Crippen molar-refractivity contribution in [2.75, 3.05) is 33.9 Å². The Hall–Kier alpha value is -0.820. The molecule has 0 amide bonds. The van der Waals surface area contributed by atoms with Crippen molar-refractivity contribution >= 4 is 29.9 Å². The van der Waals surface area contributed by atoms with Gasteiger partial charge in [-0.3, -0.25) is 4.99 Å². The van der Waals surface area contributed by atoms with Crippen LogP contribution in [0.2, 0.25) is 0 Å². The SMILES string of the molecule is CN=C(NCC(C)c1ccccc1)NCC1(CCOC)CCC1.I. The van der Waals surface area contributed by atoms with Crippen LogP contribution in [0, 0.1) is 5.41 Å². The number of nitrogens with zero attached hydrogens (tertiary/aromatic N) is 1. The molecule has 1 aliphatic carbocycles. The smallest absolute Gasteiger partial charge is 0.191 e. The van der Waals surface area contributed by atoms with Gasteiger partial charge in [-0.25, -0.2) is 0 Å². The van der Waals surface area contributed by atoms with Crippen molar-refractivity contribution in [3.8, 4) is 0 Å². The van der Waals surface area contributed by atoms with Gasteiger partial charge in [-0.15, -0.1) is 24.0 Å². The van der Waals surface area contributed by atoms with Crippen molar-refractivity contribution in [1.82, 2.24) is 10.6 Å². The van der Waals surface area contributed by atoms with Crippen LogP contribution in [-0.4, -0.2) is 39.8 Å². The Bertz CT molecular complexity index is 489. The van der Waals surface area contributed by atoms with Gasteiger partial charge in [0.25, 0.3) is 0 Å². The maximum Gasteiger partial charge on any atom is 0.191 e. The summed E-state index contributed by atoms with van der Waals surface area (Å²) in [6.07, 6.45) is 5.05. The fourth-order valence-corrected chi connectivity index (χ4v) is 3.15. The lowest BCUT2D eigenvalue weighted by Gasteiger charge is -2.42. The third-order valence-corrected chi connectivity index (χ3v) is 5.05. The molecule has 1 aromatic rings. The largest absolute Gasteiger partial charge is 0.385 e. The van der Waals surface area contributed by atoms with E-state index in [0.29, 0.717) is 11.3 Å². The minimum Gasteiger partial charge on any atom is -0.385 e. The number of rotatable bonds is 8. The van der Waals surface area contributed by atoms with E-state index in [2.05, 4.69) is 52.9 Å². The standard InChI is InChI=1S/C19H31N3O.HI/c1-16(17-8-5-4-6-9-17)14-21-18(20-2)22-15-19(10-7-11-19)12-13-23-3;/h4-6,8-9,16H,7,10-15H2,1-3H3,(H2,20,21,22);1H. The Morgan fingerprint density at radius 2 is 1.96 bits per heavy atom. The van der Waals surface area contributed by atoms with E-state index in [1.165, 1.54) is 24.8 Å². The molecule has 24 heavy (non-hydrogen) atoms. The van der Waals surface area contributed by atoms with Crippen molar-refractivity contribution < 1.29 is 4.74 Å². The summed E-state index contributed by atoms with van der Waals surface area (Å²) in [6, 6.07) is 10.6. The molecule has 1 atom stereocenters. The minimum atomic E-state index is 0. The van der Waals surface area contributed by atoms with Crippen LogP contribution in [0.1, 0.15) is 44.1 Å². The molecular weight excluding hydrogens is 413 g/mol. The van der Waals surface area contributed by atoms with E-state index in [-0.39, 0.29) is 24.0 Å². The average Bonchev–Trinajstić information content (AvgIpc) is 2.56. The van der Waals surface area contributed by atoms with E-state index in [1.807, 2.05) is 7.05 Å². The van der Waals surface area contributed by atoms with Crippen molar-refractivity contribution in [1.29, 1.82) is 0 Å². The molecule has 0 aromatic heterocycles. The van der Waals surface area contributed by atoms with E-state index in [9.17, 15) is 0 Å². The summed E-state index contributed by atoms with van der Waals surface area (Å²) in [4.78, 5) is 4.36. The number of aliphatic imine (C=N–C) groups is 1. The summed E-state index contributed by atoms with van der Waals surface area (Å²) in [7, 11) is 3.62. The molecule has 0 radical (unpaired) electrons. The molecule has 2 rings (SSSR count). The van der Waals surface area contributed by atoms with E-state index < -0.39 is 0 Å². The van der Waals surface area contributed by atoms with Gasteiger partial charge in [0.15, 0.2) is 5.96 Å². The van der Waals surface area contributed by atoms with E-state index >= 15 is 0 Å². The highest BCUT2D eigenvalue weighted by Crippen LogP contribution is 2.43. The van der Waals surface area contributed by atoms with Gasteiger partial charge < -0.3 is 15.4 Å². The number of halogens is 1. The molecular formula is C19H32IN3O. The number of ether oxygens (including phenoxy) is 1. The summed E-state index contributed by atoms with van der Waals surface area (Å²) in [6.45, 7) is 4.95. The zero-order chi connectivity index (χ0) is 16.5. The van der Waals surface area contributed by atoms with Gasteiger partial charge in [-0.2, -0.15) is 0 Å². The third kappa shape index (κ3) is 6.24. The first-order chi connectivity index (χ1) is 11.2. The Morgan fingerprint density at radius 1 is 1.25 bits per heavy atom. The Kier molecular flexibility index (Phi) is 9.66. The Labute approximate surface area is 163 Å². The number of hydrogen-bond donors (Lipinski definition) is 2. The Balaban J connectivity index is 0.00000288. The molecule has 1 unspecified atom stereocenters. The summed E-state index contributed by atoms with van der Waals surface area (Å²) < 4.78 is 5.26. The van der Waals surface area contributed by atoms with Crippen molar-refractivity contribution in [2.45, 2.75) is 38.5 Å². The first kappa shape index (κ1) is 21.2. The van der Waals surface area contributed by atoms with Crippen molar-refractivity contribution in [2.24, 2.45) is 10.4 Å². The van der Waals surface area contributed by atoms with Crippen LogP contribution < -0.4 is 10.6 Å². The fraction of sp³-hybridized carbons (Fsp3) is 0.632. The topological polar surface area (TPSA) is 45.7 Å². The van der Waals surface area contributed by atoms with E-state index in [1.54, 1.807) is 7.11 Å². The first-order valence-electron chi connectivity index (χ1n) is 8.67. The zero-order valence-electron chi connectivity index (χ0n) is 15.2. The molecule has 1 aliphatic rings. The number of hydrogen-bond acceptors (Lipinski definition) is 2. The van der Waals surface area contributed by atoms with Gasteiger partial charge in [0.2, 0.25) is 0 Å². The third-order valence-electron chi connectivity index (χ3n) is 5.05. The van der Waals surface area contributed by atoms with Crippen LogP contribution >= 0.6 is 24.0 Å². The lowest BCUT2D eigenvalue weighted by molar-refractivity contribution is 0.0732. The normalized spacial score (nSPS) is 17.4. The maximum absolute atomic E-state index is 5.26. The molecule has 0 saturated heterocycles. The monoisotopic (exact) mass is 445 g/mol. The minimum absolute atomic E-state index is 0. The lowest BCUT2D eigenvalue weighted by atomic mass is 9.67. The van der Waals surface area contributed by atoms with Gasteiger partial charge in [0.1, 0.15) is 0 Å². The highest BCUT2D eigenvalue weighted by atomic mass is 127. The second kappa shape index (κ2) is 10.9. The highest BCUT2D eigenvalue weighted by molar-refractivity contribution is 14.0. The number of benzene rings is 1. The van der Waals surface area contributed by atoms with Gasteiger partial charge in [0, 0.05) is 33.9 Å². The molecule has 5 heteroatoms. The molecule has 136 valence electrons. The molecule has 4 nitrogen and oxygen atoms in total. The fourth-order valence-electron chi connectivity index (χ4n) is 3.15. The average molecular weight is 445 g/mol. The second-order valence-corrected chi connectivity index (χ2v) is 6.71. The van der Waals surface area contributed by atoms with Crippen LogP contribution in [0.15, 0.2) is 35.3 Å². The number of methoxy groups -OCH3 is 1. The molecule has 0 aliphatic heterocycles. The predicted molar refractivity (Wildman–Crippen MR) is 112 cm³/mol. The van der Waals surface area contributed by atoms with Gasteiger partial charge in [-0.1, -0.05) is 43.7 Å². The highest BCUT2D eigenvalue weighted by Gasteiger charge is 2.36. The van der Waals surface area contributed by atoms with Crippen LogP contribution in [0.25, 0.3) is 0 Å². The van der Waals surface area contributed by atoms with Crippen LogP contribution in [0.3, 0.4) is 0 Å². The molecule has 0 spiro atoms. The summed E-state index contributed by atoms with van der Waals surface area (Å²) >= 11 is 0. The predicted octanol–water partition coefficient (Wildman–Crippen LogP) is 3.78. The number of nitrogens with one attached hydrogen (secondary N) is 2. The second-order valence-electron chi connectivity index (χ2n) is 6.71. The first-order valence-corrected chi connectivity index (χ1v) is 8.67. The maximum atomic E-state index is 5.26. The van der Waals surface area contributed by atoms with E-state index in [4.69, 9.17) is 4.74 Å². The van der Waals surface area contributed by atoms with Crippen LogP contribution in [0.4, 0.5) is 0 Å². The summed E-state index contributed by atoms with van der Waals surface area (Å²) in [5.74, 6) is 1.36. The molecule has 1 fully saturated rings. The zero-order valence-corrected chi connectivity index (χ0v) is 17.5. The summed E-state index contributed by atoms with van der Waals surface area (Å²) in [5, 5.41) is 6.96. The van der Waals surface area contributed by atoms with Crippen LogP contribution in [0.5, 0.6) is 0 Å². The Morgan fingerprint density at radius 3 is 2.50 bits per heavy atom.